The Morgan fingerprint density at radius 2 is 2.24 bits per heavy atom. The smallest absolute Gasteiger partial charge is 0.161 e. The number of rotatable bonds is 2. The first kappa shape index (κ1) is 12.4. The van der Waals surface area contributed by atoms with Crippen LogP contribution in [-0.4, -0.2) is 17.0 Å². The molecule has 0 saturated carbocycles. The van der Waals surface area contributed by atoms with Gasteiger partial charge in [-0.3, -0.25) is 4.99 Å². The molecule has 0 amide bonds. The number of aryl methyl sites for hydroxylation is 1. The molecule has 0 radical (unpaired) electrons. The standard InChI is InChI=1S/C13H17FN2S/c1-8(2)11-7-17-13(15-11)16-12-9(3)5-4-6-10(12)14/h4-6,8,11H,7H2,1-3H3,(H,15,16)/t11-/m1/s1. The van der Waals surface area contributed by atoms with Crippen LogP contribution in [0.4, 0.5) is 10.1 Å². The number of aliphatic imine (C=N–C) groups is 1. The average molecular weight is 252 g/mol. The van der Waals surface area contributed by atoms with Gasteiger partial charge in [-0.05, 0) is 24.5 Å². The monoisotopic (exact) mass is 252 g/mol. The van der Waals surface area contributed by atoms with E-state index in [1.807, 2.05) is 13.0 Å². The van der Waals surface area contributed by atoms with E-state index in [2.05, 4.69) is 24.2 Å². The number of para-hydroxylation sites is 1. The summed E-state index contributed by atoms with van der Waals surface area (Å²) >= 11 is 1.66. The lowest BCUT2D eigenvalue weighted by molar-refractivity contribution is 0.543. The van der Waals surface area contributed by atoms with Gasteiger partial charge in [0.25, 0.3) is 0 Å². The third-order valence-corrected chi connectivity index (χ3v) is 3.89. The predicted octanol–water partition coefficient (Wildman–Crippen LogP) is 3.67. The van der Waals surface area contributed by atoms with Crippen molar-refractivity contribution in [3.05, 3.63) is 29.6 Å². The fourth-order valence-electron chi connectivity index (χ4n) is 1.70. The molecule has 1 aromatic carbocycles. The summed E-state index contributed by atoms with van der Waals surface area (Å²) in [5.74, 6) is 1.29. The second-order valence-electron chi connectivity index (χ2n) is 4.61. The van der Waals surface area contributed by atoms with Gasteiger partial charge in [0.1, 0.15) is 5.82 Å². The van der Waals surface area contributed by atoms with E-state index in [-0.39, 0.29) is 5.82 Å². The predicted molar refractivity (Wildman–Crippen MR) is 73.3 cm³/mol. The number of hydrogen-bond donors (Lipinski definition) is 1. The van der Waals surface area contributed by atoms with Crippen molar-refractivity contribution >= 4 is 22.6 Å². The molecule has 0 aliphatic carbocycles. The number of nitrogens with zero attached hydrogens (tertiary/aromatic N) is 1. The Bertz CT molecular complexity index is 423. The van der Waals surface area contributed by atoms with Crippen LogP contribution < -0.4 is 5.32 Å². The highest BCUT2D eigenvalue weighted by atomic mass is 32.2. The molecule has 0 saturated heterocycles. The van der Waals surface area contributed by atoms with Crippen LogP contribution in [0.15, 0.2) is 23.2 Å². The van der Waals surface area contributed by atoms with Crippen molar-refractivity contribution < 1.29 is 4.39 Å². The van der Waals surface area contributed by atoms with Crippen LogP contribution in [-0.2, 0) is 0 Å². The van der Waals surface area contributed by atoms with Gasteiger partial charge in [0.2, 0.25) is 0 Å². The van der Waals surface area contributed by atoms with E-state index in [0.29, 0.717) is 17.6 Å². The minimum atomic E-state index is -0.221. The number of halogens is 1. The molecular weight excluding hydrogens is 235 g/mol. The zero-order valence-corrected chi connectivity index (χ0v) is 11.1. The number of hydrogen-bond acceptors (Lipinski definition) is 3. The van der Waals surface area contributed by atoms with E-state index < -0.39 is 0 Å². The summed E-state index contributed by atoms with van der Waals surface area (Å²) in [4.78, 5) is 4.57. The number of benzene rings is 1. The minimum absolute atomic E-state index is 0.221. The third-order valence-electron chi connectivity index (χ3n) is 2.90. The van der Waals surface area contributed by atoms with Crippen molar-refractivity contribution in [1.29, 1.82) is 0 Å². The van der Waals surface area contributed by atoms with Gasteiger partial charge in [-0.1, -0.05) is 37.7 Å². The third kappa shape index (κ3) is 2.80. The molecule has 0 spiro atoms. The maximum absolute atomic E-state index is 13.6. The van der Waals surface area contributed by atoms with Gasteiger partial charge in [-0.15, -0.1) is 0 Å². The van der Waals surface area contributed by atoms with Crippen LogP contribution in [0.3, 0.4) is 0 Å². The van der Waals surface area contributed by atoms with Crippen LogP contribution in [0, 0.1) is 18.7 Å². The lowest BCUT2D eigenvalue weighted by Crippen LogP contribution is -2.12. The van der Waals surface area contributed by atoms with Crippen LogP contribution in [0.1, 0.15) is 19.4 Å². The molecule has 1 N–H and O–H groups in total. The van der Waals surface area contributed by atoms with Gasteiger partial charge in [0, 0.05) is 5.75 Å². The van der Waals surface area contributed by atoms with Gasteiger partial charge in [-0.25, -0.2) is 4.39 Å². The van der Waals surface area contributed by atoms with Crippen LogP contribution in [0.2, 0.25) is 0 Å². The topological polar surface area (TPSA) is 24.4 Å². The summed E-state index contributed by atoms with van der Waals surface area (Å²) in [7, 11) is 0. The number of amidine groups is 1. The Morgan fingerprint density at radius 3 is 2.82 bits per heavy atom. The van der Waals surface area contributed by atoms with E-state index in [1.54, 1.807) is 17.8 Å². The molecule has 4 heteroatoms. The van der Waals surface area contributed by atoms with E-state index in [9.17, 15) is 4.39 Å². The van der Waals surface area contributed by atoms with Crippen LogP contribution in [0.5, 0.6) is 0 Å². The normalized spacial score (nSPS) is 19.6. The molecule has 92 valence electrons. The number of nitrogens with one attached hydrogen (secondary N) is 1. The zero-order chi connectivity index (χ0) is 12.4. The highest BCUT2D eigenvalue weighted by molar-refractivity contribution is 8.14. The Labute approximate surface area is 106 Å². The van der Waals surface area contributed by atoms with Crippen LogP contribution in [0.25, 0.3) is 0 Å². The molecule has 1 heterocycles. The van der Waals surface area contributed by atoms with Gasteiger partial charge in [-0.2, -0.15) is 0 Å². The summed E-state index contributed by atoms with van der Waals surface area (Å²) in [5.41, 5.74) is 1.45. The fourth-order valence-corrected chi connectivity index (χ4v) is 2.87. The Morgan fingerprint density at radius 1 is 1.47 bits per heavy atom. The molecule has 1 atom stereocenters. The van der Waals surface area contributed by atoms with Crippen LogP contribution >= 0.6 is 11.8 Å². The quantitative estimate of drug-likeness (QED) is 0.868. The molecule has 2 nitrogen and oxygen atoms in total. The van der Waals surface area contributed by atoms with Gasteiger partial charge >= 0.3 is 0 Å². The second kappa shape index (κ2) is 5.08. The van der Waals surface area contributed by atoms with Gasteiger partial charge in [0.15, 0.2) is 5.17 Å². The zero-order valence-electron chi connectivity index (χ0n) is 10.3. The molecule has 1 aliphatic heterocycles. The molecule has 2 rings (SSSR count). The van der Waals surface area contributed by atoms with Gasteiger partial charge in [0.05, 0.1) is 11.7 Å². The van der Waals surface area contributed by atoms with Gasteiger partial charge < -0.3 is 5.32 Å². The molecular formula is C13H17FN2S. The summed E-state index contributed by atoms with van der Waals surface area (Å²) in [6.07, 6.45) is 0. The molecule has 0 aromatic heterocycles. The largest absolute Gasteiger partial charge is 0.332 e. The average Bonchev–Trinajstić information content (AvgIpc) is 2.72. The first-order valence-corrected chi connectivity index (χ1v) is 6.79. The Balaban J connectivity index is 2.15. The van der Waals surface area contributed by atoms with Crippen molar-refractivity contribution in [2.45, 2.75) is 26.8 Å². The van der Waals surface area contributed by atoms with Crippen molar-refractivity contribution in [2.24, 2.45) is 10.9 Å². The van der Waals surface area contributed by atoms with E-state index >= 15 is 0 Å². The van der Waals surface area contributed by atoms with E-state index in [1.165, 1.54) is 6.07 Å². The van der Waals surface area contributed by atoms with Crippen molar-refractivity contribution in [1.82, 2.24) is 0 Å². The first-order valence-electron chi connectivity index (χ1n) is 5.80. The fraction of sp³-hybridized carbons (Fsp3) is 0.462. The molecule has 1 aliphatic rings. The van der Waals surface area contributed by atoms with Crippen molar-refractivity contribution in [3.63, 3.8) is 0 Å². The molecule has 0 fully saturated rings. The summed E-state index contributed by atoms with van der Waals surface area (Å²) < 4.78 is 13.6. The van der Waals surface area contributed by atoms with Crippen molar-refractivity contribution in [3.8, 4) is 0 Å². The first-order chi connectivity index (χ1) is 8.08. The maximum Gasteiger partial charge on any atom is 0.161 e. The highest BCUT2D eigenvalue weighted by Gasteiger charge is 2.21. The Kier molecular flexibility index (Phi) is 3.72. The summed E-state index contributed by atoms with van der Waals surface area (Å²) in [6.45, 7) is 6.21. The van der Waals surface area contributed by atoms with E-state index in [4.69, 9.17) is 0 Å². The lowest BCUT2D eigenvalue weighted by Gasteiger charge is -2.09. The molecule has 17 heavy (non-hydrogen) atoms. The molecule has 1 aromatic rings. The minimum Gasteiger partial charge on any atom is -0.332 e. The Hall–Kier alpha value is -1.03. The summed E-state index contributed by atoms with van der Waals surface area (Å²) in [6, 6.07) is 5.42. The molecule has 0 bridgehead atoms. The van der Waals surface area contributed by atoms with E-state index in [0.717, 1.165) is 16.5 Å². The highest BCUT2D eigenvalue weighted by Crippen LogP contribution is 2.26. The lowest BCUT2D eigenvalue weighted by atomic mass is 10.1. The number of anilines is 1. The van der Waals surface area contributed by atoms with Crippen molar-refractivity contribution in [2.75, 3.05) is 11.1 Å². The maximum atomic E-state index is 13.6. The second-order valence-corrected chi connectivity index (χ2v) is 5.62. The SMILES string of the molecule is Cc1cccc(F)c1NC1=N[C@@H](C(C)C)CS1. The number of thioether (sulfide) groups is 1. The summed E-state index contributed by atoms with van der Waals surface area (Å²) in [5, 5.41) is 3.93. The molecule has 0 unspecified atom stereocenters.